The van der Waals surface area contributed by atoms with Crippen molar-refractivity contribution >= 4 is 16.3 Å². The van der Waals surface area contributed by atoms with E-state index in [2.05, 4.69) is 0 Å². The van der Waals surface area contributed by atoms with Crippen molar-refractivity contribution < 1.29 is 21.8 Å². The topological polar surface area (TPSA) is 63.7 Å². The van der Waals surface area contributed by atoms with Crippen molar-refractivity contribution in [2.24, 2.45) is 5.92 Å². The Kier molecular flexibility index (Phi) is 5.29. The maximum atomic E-state index is 13.3. The van der Waals surface area contributed by atoms with Crippen LogP contribution in [0.1, 0.15) is 53.9 Å². The van der Waals surface area contributed by atoms with Crippen molar-refractivity contribution in [3.05, 3.63) is 0 Å². The fraction of sp³-hybridized carbons (Fsp3) is 0.929. The molecule has 1 unspecified atom stereocenters. The Labute approximate surface area is 127 Å². The van der Waals surface area contributed by atoms with Crippen molar-refractivity contribution in [2.45, 2.75) is 65.0 Å². The third-order valence-corrected chi connectivity index (χ3v) is 4.32. The quantitative estimate of drug-likeness (QED) is 0.746. The fourth-order valence-corrected chi connectivity index (χ4v) is 4.10. The summed E-state index contributed by atoms with van der Waals surface area (Å²) in [6, 6.07) is 0. The Bertz CT molecular complexity index is 484. The summed E-state index contributed by atoms with van der Waals surface area (Å²) >= 11 is 0. The van der Waals surface area contributed by atoms with Crippen LogP contribution in [0, 0.1) is 5.92 Å². The lowest BCUT2D eigenvalue weighted by Crippen LogP contribution is -2.53. The molecule has 1 heterocycles. The summed E-state index contributed by atoms with van der Waals surface area (Å²) in [5.41, 5.74) is -1.66. The molecule has 7 heteroatoms. The van der Waals surface area contributed by atoms with Gasteiger partial charge in [0.25, 0.3) is 0 Å². The van der Waals surface area contributed by atoms with E-state index in [1.807, 2.05) is 13.8 Å². The molecule has 0 N–H and O–H groups in total. The zero-order valence-electron chi connectivity index (χ0n) is 13.5. The van der Waals surface area contributed by atoms with E-state index in [0.717, 1.165) is 0 Å². The number of carbonyl (C=O) groups excluding carboxylic acids is 1. The van der Waals surface area contributed by atoms with E-state index in [1.54, 1.807) is 20.8 Å². The molecule has 0 aliphatic carbocycles. The highest BCUT2D eigenvalue weighted by Crippen LogP contribution is 2.37. The molecule has 1 fully saturated rings. The van der Waals surface area contributed by atoms with Gasteiger partial charge < -0.3 is 9.64 Å². The van der Waals surface area contributed by atoms with E-state index in [-0.39, 0.29) is 5.92 Å². The zero-order chi connectivity index (χ0) is 16.5. The molecule has 1 saturated heterocycles. The van der Waals surface area contributed by atoms with E-state index >= 15 is 0 Å². The molecule has 0 saturated carbocycles. The molecule has 0 radical (unpaired) electrons. The molecule has 1 aliphatic heterocycles. The van der Waals surface area contributed by atoms with Crippen LogP contribution in [0.25, 0.3) is 0 Å². The smallest absolute Gasteiger partial charge is 0.410 e. The number of likely N-dealkylation sites (tertiary alicyclic amines) is 1. The molecular weight excluding hydrogens is 297 g/mol. The number of hydrogen-bond donors (Lipinski definition) is 0. The molecule has 21 heavy (non-hydrogen) atoms. The summed E-state index contributed by atoms with van der Waals surface area (Å²) in [5.74, 6) is -0.507. The summed E-state index contributed by atoms with van der Waals surface area (Å²) in [5, 5.41) is 0. The lowest BCUT2D eigenvalue weighted by Gasteiger charge is -2.39. The number of ether oxygens (including phenoxy) is 1. The zero-order valence-corrected chi connectivity index (χ0v) is 14.3. The van der Waals surface area contributed by atoms with Crippen LogP contribution in [-0.2, 0) is 15.0 Å². The van der Waals surface area contributed by atoms with Crippen LogP contribution in [0.5, 0.6) is 0 Å². The van der Waals surface area contributed by atoms with Gasteiger partial charge in [0, 0.05) is 6.54 Å². The fourth-order valence-electron chi connectivity index (χ4n) is 3.04. The molecule has 1 rings (SSSR count). The Morgan fingerprint density at radius 1 is 1.38 bits per heavy atom. The first kappa shape index (κ1) is 18.2. The van der Waals surface area contributed by atoms with Crippen molar-refractivity contribution in [1.82, 2.24) is 4.90 Å². The number of halogens is 1. The second-order valence-corrected chi connectivity index (χ2v) is 8.61. The van der Waals surface area contributed by atoms with Crippen LogP contribution < -0.4 is 0 Å². The minimum Gasteiger partial charge on any atom is -0.444 e. The van der Waals surface area contributed by atoms with Crippen molar-refractivity contribution in [1.29, 1.82) is 0 Å². The van der Waals surface area contributed by atoms with Gasteiger partial charge in [0.1, 0.15) is 11.4 Å². The van der Waals surface area contributed by atoms with E-state index < -0.39 is 33.2 Å². The number of carbonyl (C=O) groups is 1. The van der Waals surface area contributed by atoms with Gasteiger partial charge in [0.2, 0.25) is 0 Å². The van der Waals surface area contributed by atoms with Crippen molar-refractivity contribution in [3.63, 3.8) is 0 Å². The molecule has 0 aromatic heterocycles. The van der Waals surface area contributed by atoms with Gasteiger partial charge in [-0.05, 0) is 46.0 Å². The molecule has 1 atom stereocenters. The van der Waals surface area contributed by atoms with Gasteiger partial charge in [-0.3, -0.25) is 0 Å². The summed E-state index contributed by atoms with van der Waals surface area (Å²) in [7, 11) is -4.67. The lowest BCUT2D eigenvalue weighted by molar-refractivity contribution is 0.00805. The lowest BCUT2D eigenvalue weighted by atomic mass is 9.88. The average Bonchev–Trinajstić information content (AvgIpc) is 2.53. The van der Waals surface area contributed by atoms with Gasteiger partial charge in [0.15, 0.2) is 0 Å². The number of amides is 1. The van der Waals surface area contributed by atoms with Gasteiger partial charge in [0.05, 0.1) is 5.54 Å². The summed E-state index contributed by atoms with van der Waals surface area (Å²) < 4.78 is 41.0. The molecule has 0 aromatic rings. The van der Waals surface area contributed by atoms with E-state index in [9.17, 15) is 17.1 Å². The molecule has 0 bridgehead atoms. The predicted octanol–water partition coefficient (Wildman–Crippen LogP) is 3.10. The minimum absolute atomic E-state index is 0.148. The molecule has 0 spiro atoms. The second-order valence-electron chi connectivity index (χ2n) is 7.24. The Hall–Kier alpha value is -0.850. The molecule has 1 aliphatic rings. The first-order chi connectivity index (χ1) is 9.35. The molecule has 124 valence electrons. The van der Waals surface area contributed by atoms with E-state index in [1.165, 1.54) is 4.90 Å². The van der Waals surface area contributed by atoms with Crippen LogP contribution >= 0.6 is 0 Å². The highest BCUT2D eigenvalue weighted by atomic mass is 32.3. The van der Waals surface area contributed by atoms with Crippen LogP contribution in [0.3, 0.4) is 0 Å². The van der Waals surface area contributed by atoms with Crippen molar-refractivity contribution in [2.75, 3.05) is 12.3 Å². The Balaban J connectivity index is 3.06. The van der Waals surface area contributed by atoms with Gasteiger partial charge in [-0.1, -0.05) is 13.8 Å². The number of nitrogens with zero attached hydrogens (tertiary/aromatic N) is 1. The molecule has 0 aromatic carbocycles. The third kappa shape index (κ3) is 5.45. The Morgan fingerprint density at radius 2 is 1.95 bits per heavy atom. The number of rotatable bonds is 4. The normalized spacial score (nSPS) is 23.7. The SMILES string of the molecule is CC(C)CC1(CS(=O)(=O)F)CCCN1C(=O)OC(C)(C)C. The number of hydrogen-bond acceptors (Lipinski definition) is 4. The molecule has 1 amide bonds. The van der Waals surface area contributed by atoms with Gasteiger partial charge in [-0.15, -0.1) is 3.89 Å². The van der Waals surface area contributed by atoms with E-state index in [4.69, 9.17) is 4.74 Å². The third-order valence-electron chi connectivity index (χ3n) is 3.44. The maximum Gasteiger partial charge on any atom is 0.410 e. The van der Waals surface area contributed by atoms with Gasteiger partial charge in [-0.2, -0.15) is 8.42 Å². The second kappa shape index (κ2) is 6.10. The highest BCUT2D eigenvalue weighted by molar-refractivity contribution is 7.86. The first-order valence-electron chi connectivity index (χ1n) is 7.28. The average molecular weight is 323 g/mol. The largest absolute Gasteiger partial charge is 0.444 e. The monoisotopic (exact) mass is 323 g/mol. The maximum absolute atomic E-state index is 13.3. The summed E-state index contributed by atoms with van der Waals surface area (Å²) in [6.45, 7) is 9.50. The van der Waals surface area contributed by atoms with Crippen LogP contribution in [-0.4, -0.2) is 42.8 Å². The van der Waals surface area contributed by atoms with Crippen LogP contribution in [0.15, 0.2) is 0 Å². The van der Waals surface area contributed by atoms with Gasteiger partial charge in [-0.25, -0.2) is 4.79 Å². The molecule has 5 nitrogen and oxygen atoms in total. The van der Waals surface area contributed by atoms with Crippen LogP contribution in [0.2, 0.25) is 0 Å². The predicted molar refractivity (Wildman–Crippen MR) is 79.3 cm³/mol. The summed E-state index contributed by atoms with van der Waals surface area (Å²) in [4.78, 5) is 13.7. The van der Waals surface area contributed by atoms with E-state index in [0.29, 0.717) is 25.8 Å². The van der Waals surface area contributed by atoms with Crippen molar-refractivity contribution in [3.8, 4) is 0 Å². The van der Waals surface area contributed by atoms with Crippen LogP contribution in [0.4, 0.5) is 8.68 Å². The summed E-state index contributed by atoms with van der Waals surface area (Å²) in [6.07, 6.45) is 1.01. The Morgan fingerprint density at radius 3 is 2.38 bits per heavy atom. The molecular formula is C14H26FNO4S. The minimum atomic E-state index is -4.67. The standard InChI is InChI=1S/C14H26FNO4S/c1-11(2)9-14(10-21(15,18)19)7-6-8-16(14)12(17)20-13(3,4)5/h11H,6-10H2,1-5H3. The first-order valence-corrected chi connectivity index (χ1v) is 8.83. The highest BCUT2D eigenvalue weighted by Gasteiger charge is 2.48. The van der Waals surface area contributed by atoms with Gasteiger partial charge >= 0.3 is 16.3 Å².